The fourth-order valence-corrected chi connectivity index (χ4v) is 4.05. The number of rotatable bonds is 9. The monoisotopic (exact) mass is 294 g/mol. The van der Waals surface area contributed by atoms with Gasteiger partial charge in [-0.3, -0.25) is 4.90 Å². The standard InChI is InChI=1S/C17H30N2S/c1-3-10-18-11-6-4-5-7-12-19-13-8-17-16(15(19)2)9-14-20-17/h9,14-15,18H,3-8,10-13H2,1-2H3. The first-order valence-electron chi connectivity index (χ1n) is 8.34. The lowest BCUT2D eigenvalue weighted by Gasteiger charge is -2.33. The topological polar surface area (TPSA) is 15.3 Å². The zero-order chi connectivity index (χ0) is 14.2. The van der Waals surface area contributed by atoms with Gasteiger partial charge in [0, 0.05) is 17.5 Å². The van der Waals surface area contributed by atoms with E-state index < -0.39 is 0 Å². The normalized spacial score (nSPS) is 19.2. The van der Waals surface area contributed by atoms with Gasteiger partial charge in [0.25, 0.3) is 0 Å². The molecule has 0 amide bonds. The molecule has 0 radical (unpaired) electrons. The van der Waals surface area contributed by atoms with Gasteiger partial charge < -0.3 is 5.32 Å². The molecule has 2 heterocycles. The molecule has 1 aliphatic heterocycles. The van der Waals surface area contributed by atoms with Crippen LogP contribution in [0.4, 0.5) is 0 Å². The average Bonchev–Trinajstić information content (AvgIpc) is 2.93. The zero-order valence-corrected chi connectivity index (χ0v) is 14.0. The molecule has 0 saturated heterocycles. The smallest absolute Gasteiger partial charge is 0.0331 e. The Labute approximate surface area is 128 Å². The van der Waals surface area contributed by atoms with Gasteiger partial charge in [0.1, 0.15) is 0 Å². The van der Waals surface area contributed by atoms with E-state index >= 15 is 0 Å². The molecule has 114 valence electrons. The fraction of sp³-hybridized carbons (Fsp3) is 0.765. The summed E-state index contributed by atoms with van der Waals surface area (Å²) in [5, 5.41) is 5.74. The van der Waals surface area contributed by atoms with Crippen molar-refractivity contribution in [2.24, 2.45) is 0 Å². The van der Waals surface area contributed by atoms with E-state index in [-0.39, 0.29) is 0 Å². The zero-order valence-electron chi connectivity index (χ0n) is 13.2. The van der Waals surface area contributed by atoms with E-state index in [1.165, 1.54) is 64.7 Å². The van der Waals surface area contributed by atoms with Crippen molar-refractivity contribution in [1.29, 1.82) is 0 Å². The minimum absolute atomic E-state index is 0.635. The Bertz CT molecular complexity index is 375. The number of fused-ring (bicyclic) bond motifs is 1. The van der Waals surface area contributed by atoms with Crippen LogP contribution in [0.3, 0.4) is 0 Å². The third-order valence-electron chi connectivity index (χ3n) is 4.38. The molecule has 2 nitrogen and oxygen atoms in total. The van der Waals surface area contributed by atoms with E-state index in [1.54, 1.807) is 10.4 Å². The second-order valence-corrected chi connectivity index (χ2v) is 6.93. The van der Waals surface area contributed by atoms with Crippen LogP contribution >= 0.6 is 11.3 Å². The molecule has 0 aromatic carbocycles. The van der Waals surface area contributed by atoms with E-state index in [0.717, 1.165) is 0 Å². The molecule has 0 fully saturated rings. The first-order valence-corrected chi connectivity index (χ1v) is 9.22. The van der Waals surface area contributed by atoms with Crippen molar-refractivity contribution in [3.8, 4) is 0 Å². The number of unbranched alkanes of at least 4 members (excludes halogenated alkanes) is 3. The first kappa shape index (κ1) is 16.0. The summed E-state index contributed by atoms with van der Waals surface area (Å²) in [6.45, 7) is 9.51. The highest BCUT2D eigenvalue weighted by atomic mass is 32.1. The van der Waals surface area contributed by atoms with E-state index in [4.69, 9.17) is 0 Å². The van der Waals surface area contributed by atoms with Gasteiger partial charge >= 0.3 is 0 Å². The van der Waals surface area contributed by atoms with Crippen molar-refractivity contribution in [2.75, 3.05) is 26.2 Å². The van der Waals surface area contributed by atoms with Crippen molar-refractivity contribution in [1.82, 2.24) is 10.2 Å². The molecular formula is C17H30N2S. The van der Waals surface area contributed by atoms with E-state index in [9.17, 15) is 0 Å². The van der Waals surface area contributed by atoms with Crippen LogP contribution in [0.25, 0.3) is 0 Å². The summed E-state index contributed by atoms with van der Waals surface area (Å²) < 4.78 is 0. The maximum atomic E-state index is 3.48. The first-order chi connectivity index (χ1) is 9.83. The van der Waals surface area contributed by atoms with Crippen LogP contribution < -0.4 is 5.32 Å². The van der Waals surface area contributed by atoms with E-state index in [2.05, 4.69) is 35.5 Å². The Morgan fingerprint density at radius 2 is 2.10 bits per heavy atom. The molecule has 1 aromatic heterocycles. The Morgan fingerprint density at radius 1 is 1.25 bits per heavy atom. The van der Waals surface area contributed by atoms with E-state index in [1.807, 2.05) is 11.3 Å². The molecule has 1 unspecified atom stereocenters. The predicted molar refractivity (Wildman–Crippen MR) is 89.6 cm³/mol. The molecule has 20 heavy (non-hydrogen) atoms. The van der Waals surface area contributed by atoms with Gasteiger partial charge in [0.15, 0.2) is 0 Å². The lowest BCUT2D eigenvalue weighted by atomic mass is 10.0. The summed E-state index contributed by atoms with van der Waals surface area (Å²) >= 11 is 1.94. The highest BCUT2D eigenvalue weighted by Gasteiger charge is 2.23. The molecule has 0 saturated carbocycles. The Kier molecular flexibility index (Phi) is 7.05. The second kappa shape index (κ2) is 8.81. The van der Waals surface area contributed by atoms with Crippen molar-refractivity contribution in [3.63, 3.8) is 0 Å². The predicted octanol–water partition coefficient (Wildman–Crippen LogP) is 4.23. The van der Waals surface area contributed by atoms with Gasteiger partial charge in [-0.1, -0.05) is 19.8 Å². The number of thiophene rings is 1. The Hall–Kier alpha value is -0.380. The summed E-state index contributed by atoms with van der Waals surface area (Å²) in [6.07, 6.45) is 7.97. The summed E-state index contributed by atoms with van der Waals surface area (Å²) in [7, 11) is 0. The van der Waals surface area contributed by atoms with Crippen LogP contribution in [0, 0.1) is 0 Å². The van der Waals surface area contributed by atoms with Gasteiger partial charge in [-0.25, -0.2) is 0 Å². The Balaban J connectivity index is 1.57. The van der Waals surface area contributed by atoms with Gasteiger partial charge in [-0.2, -0.15) is 0 Å². The highest BCUT2D eigenvalue weighted by molar-refractivity contribution is 7.10. The molecular weight excluding hydrogens is 264 g/mol. The minimum Gasteiger partial charge on any atom is -0.317 e. The molecule has 0 spiro atoms. The van der Waals surface area contributed by atoms with Crippen molar-refractivity contribution < 1.29 is 0 Å². The van der Waals surface area contributed by atoms with Crippen LogP contribution in [0.1, 0.15) is 62.4 Å². The Morgan fingerprint density at radius 3 is 2.95 bits per heavy atom. The van der Waals surface area contributed by atoms with Crippen LogP contribution in [0.15, 0.2) is 11.4 Å². The van der Waals surface area contributed by atoms with Crippen molar-refractivity contribution in [2.45, 2.75) is 58.4 Å². The number of hydrogen-bond acceptors (Lipinski definition) is 3. The summed E-state index contributed by atoms with van der Waals surface area (Å²) in [4.78, 5) is 4.29. The SMILES string of the molecule is CCCNCCCCCCN1CCc2sccc2C1C. The van der Waals surface area contributed by atoms with Gasteiger partial charge in [0.05, 0.1) is 0 Å². The minimum atomic E-state index is 0.635. The molecule has 1 atom stereocenters. The second-order valence-electron chi connectivity index (χ2n) is 5.93. The van der Waals surface area contributed by atoms with Gasteiger partial charge in [0.2, 0.25) is 0 Å². The van der Waals surface area contributed by atoms with Crippen LogP contribution in [0.2, 0.25) is 0 Å². The van der Waals surface area contributed by atoms with Crippen LogP contribution in [-0.2, 0) is 6.42 Å². The van der Waals surface area contributed by atoms with Gasteiger partial charge in [-0.15, -0.1) is 11.3 Å². The van der Waals surface area contributed by atoms with Crippen molar-refractivity contribution >= 4 is 11.3 Å². The highest BCUT2D eigenvalue weighted by Crippen LogP contribution is 2.32. The third kappa shape index (κ3) is 4.57. The molecule has 0 bridgehead atoms. The molecule has 0 aliphatic carbocycles. The summed E-state index contributed by atoms with van der Waals surface area (Å²) in [6, 6.07) is 2.96. The number of nitrogens with one attached hydrogen (secondary N) is 1. The molecule has 1 aliphatic rings. The van der Waals surface area contributed by atoms with E-state index in [0.29, 0.717) is 6.04 Å². The molecule has 3 heteroatoms. The summed E-state index contributed by atoms with van der Waals surface area (Å²) in [5.74, 6) is 0. The lowest BCUT2D eigenvalue weighted by Crippen LogP contribution is -2.33. The molecule has 1 N–H and O–H groups in total. The number of nitrogens with zero attached hydrogens (tertiary/aromatic N) is 1. The van der Waals surface area contributed by atoms with Crippen LogP contribution in [0.5, 0.6) is 0 Å². The average molecular weight is 295 g/mol. The van der Waals surface area contributed by atoms with Gasteiger partial charge in [-0.05, 0) is 69.3 Å². The van der Waals surface area contributed by atoms with Crippen molar-refractivity contribution in [3.05, 3.63) is 21.9 Å². The summed E-state index contributed by atoms with van der Waals surface area (Å²) in [5.41, 5.74) is 1.59. The lowest BCUT2D eigenvalue weighted by molar-refractivity contribution is 0.196. The molecule has 2 rings (SSSR count). The maximum absolute atomic E-state index is 3.48. The number of hydrogen-bond donors (Lipinski definition) is 1. The molecule has 1 aromatic rings. The fourth-order valence-electron chi connectivity index (χ4n) is 3.09. The largest absolute Gasteiger partial charge is 0.317 e. The third-order valence-corrected chi connectivity index (χ3v) is 5.38. The van der Waals surface area contributed by atoms with Crippen LogP contribution in [-0.4, -0.2) is 31.1 Å². The maximum Gasteiger partial charge on any atom is 0.0331 e. The quantitative estimate of drug-likeness (QED) is 0.686.